The topological polar surface area (TPSA) is 110 Å². The number of nitrogens with one attached hydrogen (secondary N) is 1. The van der Waals surface area contributed by atoms with Crippen LogP contribution >= 0.6 is 0 Å². The number of hydrogen-bond acceptors (Lipinski definition) is 4. The molecule has 0 spiro atoms. The molecule has 0 fully saturated rings. The van der Waals surface area contributed by atoms with E-state index in [1.54, 1.807) is 0 Å². The molecular weight excluding hydrogens is 318 g/mol. The summed E-state index contributed by atoms with van der Waals surface area (Å²) < 4.78 is 22.3. The van der Waals surface area contributed by atoms with E-state index < -0.39 is 27.4 Å². The number of carbonyl (C=O) groups excluding carboxylic acids is 2. The highest BCUT2D eigenvalue weighted by Crippen LogP contribution is 2.13. The molecule has 0 atom stereocenters. The Bertz CT molecular complexity index is 676. The van der Waals surface area contributed by atoms with Crippen molar-refractivity contribution in [2.75, 3.05) is 6.54 Å². The Morgan fingerprint density at radius 3 is 2.09 bits per heavy atom. The summed E-state index contributed by atoms with van der Waals surface area (Å²) in [5.41, 5.74) is 0.220. The van der Waals surface area contributed by atoms with Crippen molar-refractivity contribution < 1.29 is 18.0 Å². The largest absolute Gasteiger partial charge is 0.344 e. The summed E-state index contributed by atoms with van der Waals surface area (Å²) >= 11 is 0. The van der Waals surface area contributed by atoms with Gasteiger partial charge < -0.3 is 10.2 Å². The van der Waals surface area contributed by atoms with Crippen molar-refractivity contribution in [2.45, 2.75) is 44.7 Å². The number of nitrogens with two attached hydrogens (primary N) is 1. The molecule has 0 aromatic heterocycles. The normalized spacial score (nSPS) is 11.9. The standard InChI is InChI=1S/C15H23N3O4S/c1-5-18(15(2,3)4)14(20)13(19)17-10-11-6-8-12(9-7-11)23(16,21)22/h6-9H,5,10H2,1-4H3,(H,17,19)(H2,16,21,22). The highest BCUT2D eigenvalue weighted by Gasteiger charge is 2.29. The molecule has 7 nitrogen and oxygen atoms in total. The number of hydrogen-bond donors (Lipinski definition) is 2. The molecule has 1 rings (SSSR count). The van der Waals surface area contributed by atoms with Gasteiger partial charge in [-0.25, -0.2) is 13.6 Å². The van der Waals surface area contributed by atoms with Crippen molar-refractivity contribution in [2.24, 2.45) is 5.14 Å². The van der Waals surface area contributed by atoms with Gasteiger partial charge in [0, 0.05) is 18.6 Å². The van der Waals surface area contributed by atoms with Crippen LogP contribution in [-0.2, 0) is 26.2 Å². The number of rotatable bonds is 4. The van der Waals surface area contributed by atoms with Crippen LogP contribution in [-0.4, -0.2) is 37.2 Å². The first-order valence-corrected chi connectivity index (χ1v) is 8.73. The number of nitrogens with zero attached hydrogens (tertiary/aromatic N) is 1. The smallest absolute Gasteiger partial charge is 0.312 e. The summed E-state index contributed by atoms with van der Waals surface area (Å²) in [6.07, 6.45) is 0. The molecule has 0 saturated heterocycles. The minimum Gasteiger partial charge on any atom is -0.344 e. The molecule has 23 heavy (non-hydrogen) atoms. The second-order valence-electron chi connectivity index (χ2n) is 6.09. The Labute approximate surface area is 136 Å². The first-order chi connectivity index (χ1) is 10.5. The summed E-state index contributed by atoms with van der Waals surface area (Å²) in [4.78, 5) is 25.6. The maximum absolute atomic E-state index is 12.1. The zero-order valence-electron chi connectivity index (χ0n) is 13.8. The van der Waals surface area contributed by atoms with E-state index in [2.05, 4.69) is 5.32 Å². The Hall–Kier alpha value is -1.93. The monoisotopic (exact) mass is 341 g/mol. The van der Waals surface area contributed by atoms with Gasteiger partial charge in [0.05, 0.1) is 4.90 Å². The number of carbonyl (C=O) groups is 2. The lowest BCUT2D eigenvalue weighted by Gasteiger charge is -2.34. The second-order valence-corrected chi connectivity index (χ2v) is 7.65. The number of benzene rings is 1. The zero-order valence-corrected chi connectivity index (χ0v) is 14.6. The van der Waals surface area contributed by atoms with Crippen molar-refractivity contribution in [3.05, 3.63) is 29.8 Å². The molecule has 0 aliphatic heterocycles. The molecule has 128 valence electrons. The fourth-order valence-corrected chi connectivity index (χ4v) is 2.62. The number of likely N-dealkylation sites (N-methyl/N-ethyl adjacent to an activating group) is 1. The summed E-state index contributed by atoms with van der Waals surface area (Å²) in [6.45, 7) is 7.92. The maximum atomic E-state index is 12.1. The fourth-order valence-electron chi connectivity index (χ4n) is 2.10. The van der Waals surface area contributed by atoms with Crippen molar-refractivity contribution >= 4 is 21.8 Å². The molecule has 1 aromatic carbocycles. The molecule has 0 bridgehead atoms. The maximum Gasteiger partial charge on any atom is 0.312 e. The second kappa shape index (κ2) is 7.10. The molecule has 1 aromatic rings. The Balaban J connectivity index is 2.71. The minimum atomic E-state index is -3.74. The van der Waals surface area contributed by atoms with Crippen molar-refractivity contribution in [1.29, 1.82) is 0 Å². The van der Waals surface area contributed by atoms with Crippen LogP contribution in [0.5, 0.6) is 0 Å². The first kappa shape index (κ1) is 19.1. The molecule has 3 N–H and O–H groups in total. The van der Waals surface area contributed by atoms with Crippen LogP contribution in [0, 0.1) is 0 Å². The van der Waals surface area contributed by atoms with Crippen LogP contribution < -0.4 is 10.5 Å². The van der Waals surface area contributed by atoms with Crippen LogP contribution in [0.3, 0.4) is 0 Å². The number of sulfonamides is 1. The summed E-state index contributed by atoms with van der Waals surface area (Å²) in [5, 5.41) is 7.54. The highest BCUT2D eigenvalue weighted by molar-refractivity contribution is 7.89. The van der Waals surface area contributed by atoms with Gasteiger partial charge in [0.15, 0.2) is 0 Å². The van der Waals surface area contributed by atoms with E-state index in [1.165, 1.54) is 29.2 Å². The third-order valence-electron chi connectivity index (χ3n) is 3.27. The molecule has 2 amide bonds. The van der Waals surface area contributed by atoms with Crippen molar-refractivity contribution in [3.63, 3.8) is 0 Å². The van der Waals surface area contributed by atoms with Gasteiger partial charge in [0.25, 0.3) is 0 Å². The third-order valence-corrected chi connectivity index (χ3v) is 4.20. The summed E-state index contributed by atoms with van der Waals surface area (Å²) in [7, 11) is -3.74. The quantitative estimate of drug-likeness (QED) is 0.781. The van der Waals surface area contributed by atoms with Gasteiger partial charge in [-0.15, -0.1) is 0 Å². The van der Waals surface area contributed by atoms with E-state index in [0.29, 0.717) is 12.1 Å². The average Bonchev–Trinajstić information content (AvgIpc) is 2.43. The molecule has 0 saturated carbocycles. The fraction of sp³-hybridized carbons (Fsp3) is 0.467. The van der Waals surface area contributed by atoms with E-state index >= 15 is 0 Å². The lowest BCUT2D eigenvalue weighted by Crippen LogP contribution is -2.51. The highest BCUT2D eigenvalue weighted by atomic mass is 32.2. The van der Waals surface area contributed by atoms with E-state index in [1.807, 2.05) is 27.7 Å². The number of primary sulfonamides is 1. The molecule has 0 radical (unpaired) electrons. The zero-order chi connectivity index (χ0) is 17.8. The Kier molecular flexibility index (Phi) is 5.90. The van der Waals surface area contributed by atoms with Crippen molar-refractivity contribution in [1.82, 2.24) is 10.2 Å². The molecular formula is C15H23N3O4S. The van der Waals surface area contributed by atoms with Gasteiger partial charge in [-0.2, -0.15) is 0 Å². The molecule has 0 aliphatic rings. The Morgan fingerprint density at radius 2 is 1.70 bits per heavy atom. The lowest BCUT2D eigenvalue weighted by molar-refractivity contribution is -0.149. The summed E-state index contributed by atoms with van der Waals surface area (Å²) in [5.74, 6) is -1.29. The predicted molar refractivity (Wildman–Crippen MR) is 86.8 cm³/mol. The van der Waals surface area contributed by atoms with Crippen LogP contribution in [0.1, 0.15) is 33.3 Å². The van der Waals surface area contributed by atoms with Crippen LogP contribution in [0.4, 0.5) is 0 Å². The minimum absolute atomic E-state index is 0.00598. The van der Waals surface area contributed by atoms with E-state index in [4.69, 9.17) is 5.14 Å². The third kappa shape index (κ3) is 5.33. The van der Waals surface area contributed by atoms with Gasteiger partial charge in [-0.3, -0.25) is 9.59 Å². The molecule has 0 unspecified atom stereocenters. The summed E-state index contributed by atoms with van der Waals surface area (Å²) in [6, 6.07) is 5.77. The van der Waals surface area contributed by atoms with Crippen LogP contribution in [0.25, 0.3) is 0 Å². The van der Waals surface area contributed by atoms with Gasteiger partial charge in [0.1, 0.15) is 0 Å². The first-order valence-electron chi connectivity index (χ1n) is 7.18. The molecule has 0 heterocycles. The number of amides is 2. The predicted octanol–water partition coefficient (Wildman–Crippen LogP) is 0.597. The van der Waals surface area contributed by atoms with Gasteiger partial charge in [-0.05, 0) is 45.4 Å². The van der Waals surface area contributed by atoms with E-state index in [-0.39, 0.29) is 11.4 Å². The average molecular weight is 341 g/mol. The Morgan fingerprint density at radius 1 is 1.17 bits per heavy atom. The lowest BCUT2D eigenvalue weighted by atomic mass is 10.1. The van der Waals surface area contributed by atoms with E-state index in [9.17, 15) is 18.0 Å². The van der Waals surface area contributed by atoms with Crippen LogP contribution in [0.15, 0.2) is 29.2 Å². The van der Waals surface area contributed by atoms with Gasteiger partial charge in [-0.1, -0.05) is 12.1 Å². The van der Waals surface area contributed by atoms with Crippen molar-refractivity contribution in [3.8, 4) is 0 Å². The van der Waals surface area contributed by atoms with Crippen LogP contribution in [0.2, 0.25) is 0 Å². The molecule has 0 aliphatic carbocycles. The van der Waals surface area contributed by atoms with E-state index in [0.717, 1.165) is 0 Å². The van der Waals surface area contributed by atoms with Gasteiger partial charge >= 0.3 is 11.8 Å². The molecule has 8 heteroatoms. The van der Waals surface area contributed by atoms with Gasteiger partial charge in [0.2, 0.25) is 10.0 Å². The SMILES string of the molecule is CCN(C(=O)C(=O)NCc1ccc(S(N)(=O)=O)cc1)C(C)(C)C.